The number of rotatable bonds is 9. The van der Waals surface area contributed by atoms with Gasteiger partial charge >= 0.3 is 18.0 Å². The Labute approximate surface area is 118 Å². The van der Waals surface area contributed by atoms with Crippen molar-refractivity contribution in [1.82, 2.24) is 15.5 Å². The fourth-order valence-electron chi connectivity index (χ4n) is 1.43. The number of carboxylic acid groups (broad SMARTS) is 1. The molecule has 0 heterocycles. The molecule has 0 saturated carbocycles. The number of nitrogens with zero attached hydrogens (tertiary/aromatic N) is 1. The third kappa shape index (κ3) is 9.15. The molecule has 0 rings (SSSR count). The third-order valence-electron chi connectivity index (χ3n) is 2.54. The summed E-state index contributed by atoms with van der Waals surface area (Å²) in [5, 5.41) is 13.8. The molecule has 20 heavy (non-hydrogen) atoms. The number of hydrogen-bond acceptors (Lipinski definition) is 5. The second-order valence-electron chi connectivity index (χ2n) is 4.56. The quantitative estimate of drug-likeness (QED) is 0.395. The summed E-state index contributed by atoms with van der Waals surface area (Å²) < 4.78 is 4.42. The van der Waals surface area contributed by atoms with Crippen LogP contribution in [0, 0.1) is 0 Å². The molecule has 0 aliphatic heterocycles. The van der Waals surface area contributed by atoms with Crippen LogP contribution in [-0.4, -0.2) is 68.3 Å². The lowest BCUT2D eigenvalue weighted by Gasteiger charge is -2.15. The first-order valence-corrected chi connectivity index (χ1v) is 6.35. The number of aliphatic carboxylic acids is 1. The Morgan fingerprint density at radius 3 is 2.45 bits per heavy atom. The van der Waals surface area contributed by atoms with Gasteiger partial charge in [0.05, 0.1) is 7.11 Å². The Morgan fingerprint density at radius 2 is 1.95 bits per heavy atom. The third-order valence-corrected chi connectivity index (χ3v) is 2.54. The molecule has 0 fully saturated rings. The van der Waals surface area contributed by atoms with E-state index in [2.05, 4.69) is 15.4 Å². The van der Waals surface area contributed by atoms with E-state index < -0.39 is 24.0 Å². The van der Waals surface area contributed by atoms with E-state index >= 15 is 0 Å². The molecule has 0 aliphatic rings. The van der Waals surface area contributed by atoms with Gasteiger partial charge in [-0.05, 0) is 33.5 Å². The molecule has 0 aromatic heterocycles. The van der Waals surface area contributed by atoms with Gasteiger partial charge in [0, 0.05) is 13.0 Å². The second-order valence-corrected chi connectivity index (χ2v) is 4.56. The van der Waals surface area contributed by atoms with Gasteiger partial charge in [-0.3, -0.25) is 4.79 Å². The van der Waals surface area contributed by atoms with Gasteiger partial charge in [0.15, 0.2) is 0 Å². The van der Waals surface area contributed by atoms with Gasteiger partial charge in [-0.2, -0.15) is 0 Å². The summed E-state index contributed by atoms with van der Waals surface area (Å²) in [6, 6.07) is -1.66. The molecule has 8 nitrogen and oxygen atoms in total. The van der Waals surface area contributed by atoms with E-state index in [1.165, 1.54) is 7.11 Å². The zero-order chi connectivity index (χ0) is 15.5. The molecule has 8 heteroatoms. The molecule has 0 aromatic rings. The molecule has 116 valence electrons. The molecule has 0 aromatic carbocycles. The van der Waals surface area contributed by atoms with Gasteiger partial charge < -0.3 is 25.4 Å². The molecule has 0 bridgehead atoms. The number of carboxylic acids is 1. The zero-order valence-corrected chi connectivity index (χ0v) is 12.1. The van der Waals surface area contributed by atoms with Crippen LogP contribution in [0.15, 0.2) is 0 Å². The van der Waals surface area contributed by atoms with Crippen LogP contribution >= 0.6 is 0 Å². The number of carbonyl (C=O) groups is 3. The van der Waals surface area contributed by atoms with E-state index in [1.54, 1.807) is 0 Å². The number of methoxy groups -OCH3 is 1. The topological polar surface area (TPSA) is 108 Å². The predicted molar refractivity (Wildman–Crippen MR) is 72.4 cm³/mol. The van der Waals surface area contributed by atoms with Crippen molar-refractivity contribution in [3.8, 4) is 0 Å². The highest BCUT2D eigenvalue weighted by Crippen LogP contribution is 1.99. The first-order valence-electron chi connectivity index (χ1n) is 6.35. The van der Waals surface area contributed by atoms with Crippen LogP contribution in [0.4, 0.5) is 4.79 Å². The van der Waals surface area contributed by atoms with Gasteiger partial charge in [0.2, 0.25) is 0 Å². The van der Waals surface area contributed by atoms with E-state index in [4.69, 9.17) is 5.11 Å². The van der Waals surface area contributed by atoms with Gasteiger partial charge in [-0.1, -0.05) is 0 Å². The molecule has 0 spiro atoms. The summed E-state index contributed by atoms with van der Waals surface area (Å²) in [7, 11) is 5.07. The molecular formula is C12H23N3O5. The van der Waals surface area contributed by atoms with E-state index in [9.17, 15) is 14.4 Å². The van der Waals surface area contributed by atoms with Crippen LogP contribution in [0.3, 0.4) is 0 Å². The van der Waals surface area contributed by atoms with Crippen molar-refractivity contribution in [2.24, 2.45) is 0 Å². The summed E-state index contributed by atoms with van der Waals surface area (Å²) in [5.41, 5.74) is 0. The first-order chi connectivity index (χ1) is 9.36. The minimum Gasteiger partial charge on any atom is -0.480 e. The number of ether oxygens (including phenoxy) is 1. The van der Waals surface area contributed by atoms with Crippen LogP contribution in [-0.2, 0) is 14.3 Å². The maximum Gasteiger partial charge on any atom is 0.326 e. The monoisotopic (exact) mass is 289 g/mol. The van der Waals surface area contributed by atoms with Crippen molar-refractivity contribution in [2.75, 3.05) is 34.3 Å². The van der Waals surface area contributed by atoms with Crippen molar-refractivity contribution in [3.63, 3.8) is 0 Å². The van der Waals surface area contributed by atoms with Gasteiger partial charge in [0.1, 0.15) is 6.04 Å². The smallest absolute Gasteiger partial charge is 0.326 e. The summed E-state index contributed by atoms with van der Waals surface area (Å²) >= 11 is 0. The van der Waals surface area contributed by atoms with Crippen LogP contribution < -0.4 is 10.6 Å². The number of carbonyl (C=O) groups excluding carboxylic acids is 2. The van der Waals surface area contributed by atoms with Crippen molar-refractivity contribution >= 4 is 18.0 Å². The van der Waals surface area contributed by atoms with Crippen LogP contribution in [0.5, 0.6) is 0 Å². The standard InChI is InChI=1S/C12H23N3O5/c1-15(2)8-4-7-13-12(19)14-9(11(17)18)5-6-10(16)20-3/h9H,4-8H2,1-3H3,(H,17,18)(H2,13,14,19)/t9-/m1/s1. The van der Waals surface area contributed by atoms with Crippen molar-refractivity contribution in [1.29, 1.82) is 0 Å². The highest BCUT2D eigenvalue weighted by atomic mass is 16.5. The Balaban J connectivity index is 4.02. The van der Waals surface area contributed by atoms with Crippen LogP contribution in [0.25, 0.3) is 0 Å². The number of urea groups is 1. The summed E-state index contributed by atoms with van der Waals surface area (Å²) in [5.74, 6) is -1.69. The minimum absolute atomic E-state index is 0.00682. The van der Waals surface area contributed by atoms with Crippen LogP contribution in [0.1, 0.15) is 19.3 Å². The van der Waals surface area contributed by atoms with Crippen molar-refractivity contribution < 1.29 is 24.2 Å². The average molecular weight is 289 g/mol. The normalized spacial score (nSPS) is 11.8. The minimum atomic E-state index is -1.18. The number of hydrogen-bond donors (Lipinski definition) is 3. The van der Waals surface area contributed by atoms with Gasteiger partial charge in [-0.25, -0.2) is 9.59 Å². The maximum absolute atomic E-state index is 11.5. The summed E-state index contributed by atoms with van der Waals surface area (Å²) in [6.07, 6.45) is 0.696. The second kappa shape index (κ2) is 10.0. The highest BCUT2D eigenvalue weighted by Gasteiger charge is 2.20. The van der Waals surface area contributed by atoms with Gasteiger partial charge in [-0.15, -0.1) is 0 Å². The lowest BCUT2D eigenvalue weighted by molar-refractivity contribution is -0.142. The summed E-state index contributed by atoms with van der Waals surface area (Å²) in [6.45, 7) is 1.28. The number of amides is 2. The average Bonchev–Trinajstić information content (AvgIpc) is 2.38. The Bertz CT molecular complexity index is 333. The fourth-order valence-corrected chi connectivity index (χ4v) is 1.43. The Hall–Kier alpha value is -1.83. The van der Waals surface area contributed by atoms with Crippen molar-refractivity contribution in [2.45, 2.75) is 25.3 Å². The Morgan fingerprint density at radius 1 is 1.30 bits per heavy atom. The fraction of sp³-hybridized carbons (Fsp3) is 0.750. The molecule has 2 amide bonds. The van der Waals surface area contributed by atoms with E-state index in [-0.39, 0.29) is 12.8 Å². The maximum atomic E-state index is 11.5. The molecule has 0 saturated heterocycles. The van der Waals surface area contributed by atoms with E-state index in [0.717, 1.165) is 13.0 Å². The van der Waals surface area contributed by atoms with Crippen LogP contribution in [0.2, 0.25) is 0 Å². The van der Waals surface area contributed by atoms with Gasteiger partial charge in [0.25, 0.3) is 0 Å². The SMILES string of the molecule is COC(=O)CC[C@@H](NC(=O)NCCCN(C)C)C(=O)O. The Kier molecular flexibility index (Phi) is 9.10. The largest absolute Gasteiger partial charge is 0.480 e. The molecular weight excluding hydrogens is 266 g/mol. The lowest BCUT2D eigenvalue weighted by atomic mass is 10.1. The van der Waals surface area contributed by atoms with Crippen molar-refractivity contribution in [3.05, 3.63) is 0 Å². The van der Waals surface area contributed by atoms with E-state index in [0.29, 0.717) is 6.54 Å². The molecule has 3 N–H and O–H groups in total. The molecule has 1 atom stereocenters. The number of nitrogens with one attached hydrogen (secondary N) is 2. The molecule has 0 aliphatic carbocycles. The lowest BCUT2D eigenvalue weighted by Crippen LogP contribution is -2.46. The predicted octanol–water partition coefficient (Wildman–Crippen LogP) is -0.356. The molecule has 0 radical (unpaired) electrons. The van der Waals surface area contributed by atoms with E-state index in [1.807, 2.05) is 19.0 Å². The zero-order valence-electron chi connectivity index (χ0n) is 12.1. The molecule has 0 unspecified atom stereocenters. The first kappa shape index (κ1) is 18.2. The summed E-state index contributed by atoms with van der Waals surface area (Å²) in [4.78, 5) is 35.4. The number of esters is 1. The highest BCUT2D eigenvalue weighted by molar-refractivity contribution is 5.83.